The maximum Gasteiger partial charge on any atom is 0.317 e. The average molecular weight is 264 g/mol. The number of benzene rings is 1. The van der Waals surface area contributed by atoms with E-state index in [1.807, 2.05) is 38.1 Å². The van der Waals surface area contributed by atoms with Crippen LogP contribution in [-0.2, 0) is 6.54 Å². The van der Waals surface area contributed by atoms with Gasteiger partial charge in [0.25, 0.3) is 0 Å². The Balaban J connectivity index is 2.57. The van der Waals surface area contributed by atoms with Crippen molar-refractivity contribution in [1.29, 1.82) is 0 Å². The second-order valence-corrected chi connectivity index (χ2v) is 5.41. The lowest BCUT2D eigenvalue weighted by Crippen LogP contribution is -2.46. The molecule has 0 aromatic heterocycles. The van der Waals surface area contributed by atoms with Crippen LogP contribution in [0.15, 0.2) is 24.3 Å². The normalized spacial score (nSPS) is 11.2. The Morgan fingerprint density at radius 1 is 1.37 bits per heavy atom. The standard InChI is InChI=1S/C15H24N2O2/c1-5-17(11-15(3,4)19)14(18)16-10-13-9-7-6-8-12(13)2/h6-9,19H,5,10-11H2,1-4H3,(H,16,18). The molecule has 19 heavy (non-hydrogen) atoms. The van der Waals surface area contributed by atoms with Crippen LogP contribution in [0.2, 0.25) is 0 Å². The van der Waals surface area contributed by atoms with Crippen LogP contribution in [0.25, 0.3) is 0 Å². The Morgan fingerprint density at radius 2 is 2.00 bits per heavy atom. The zero-order valence-electron chi connectivity index (χ0n) is 12.2. The van der Waals surface area contributed by atoms with E-state index in [1.54, 1.807) is 18.7 Å². The van der Waals surface area contributed by atoms with Crippen molar-refractivity contribution < 1.29 is 9.90 Å². The summed E-state index contributed by atoms with van der Waals surface area (Å²) in [5.41, 5.74) is 1.39. The molecule has 1 rings (SSSR count). The highest BCUT2D eigenvalue weighted by Crippen LogP contribution is 2.08. The van der Waals surface area contributed by atoms with Gasteiger partial charge in [0.15, 0.2) is 0 Å². The molecule has 0 spiro atoms. The Morgan fingerprint density at radius 3 is 2.53 bits per heavy atom. The monoisotopic (exact) mass is 264 g/mol. The number of rotatable bonds is 5. The first-order valence-corrected chi connectivity index (χ1v) is 6.63. The van der Waals surface area contributed by atoms with E-state index in [9.17, 15) is 9.90 Å². The second-order valence-electron chi connectivity index (χ2n) is 5.41. The quantitative estimate of drug-likeness (QED) is 0.857. The molecule has 2 amide bonds. The zero-order valence-corrected chi connectivity index (χ0v) is 12.2. The van der Waals surface area contributed by atoms with E-state index >= 15 is 0 Å². The minimum Gasteiger partial charge on any atom is -0.389 e. The molecule has 106 valence electrons. The largest absolute Gasteiger partial charge is 0.389 e. The molecule has 0 unspecified atom stereocenters. The molecule has 1 aromatic rings. The number of aliphatic hydroxyl groups is 1. The van der Waals surface area contributed by atoms with Gasteiger partial charge < -0.3 is 15.3 Å². The SMILES string of the molecule is CCN(CC(C)(C)O)C(=O)NCc1ccccc1C. The summed E-state index contributed by atoms with van der Waals surface area (Å²) in [4.78, 5) is 13.6. The van der Waals surface area contributed by atoms with Crippen LogP contribution in [-0.4, -0.2) is 34.7 Å². The van der Waals surface area contributed by atoms with Crippen molar-refractivity contribution in [3.05, 3.63) is 35.4 Å². The summed E-state index contributed by atoms with van der Waals surface area (Å²) >= 11 is 0. The first-order chi connectivity index (χ1) is 8.83. The summed E-state index contributed by atoms with van der Waals surface area (Å²) in [5.74, 6) is 0. The van der Waals surface area contributed by atoms with Crippen LogP contribution in [0.1, 0.15) is 31.9 Å². The highest BCUT2D eigenvalue weighted by molar-refractivity contribution is 5.74. The highest BCUT2D eigenvalue weighted by Gasteiger charge is 2.20. The topological polar surface area (TPSA) is 52.6 Å². The molecule has 0 saturated carbocycles. The third kappa shape index (κ3) is 5.30. The van der Waals surface area contributed by atoms with Crippen molar-refractivity contribution in [2.45, 2.75) is 39.8 Å². The van der Waals surface area contributed by atoms with Gasteiger partial charge in [0, 0.05) is 13.1 Å². The van der Waals surface area contributed by atoms with Crippen LogP contribution in [0, 0.1) is 6.92 Å². The molecule has 0 aliphatic rings. The summed E-state index contributed by atoms with van der Waals surface area (Å²) < 4.78 is 0. The fourth-order valence-electron chi connectivity index (χ4n) is 1.89. The van der Waals surface area contributed by atoms with Gasteiger partial charge in [-0.2, -0.15) is 0 Å². The van der Waals surface area contributed by atoms with E-state index < -0.39 is 5.60 Å². The summed E-state index contributed by atoms with van der Waals surface area (Å²) in [6.45, 7) is 8.73. The molecule has 4 nitrogen and oxygen atoms in total. The maximum atomic E-state index is 12.0. The first-order valence-electron chi connectivity index (χ1n) is 6.63. The molecular formula is C15H24N2O2. The van der Waals surface area contributed by atoms with Gasteiger partial charge in [0.2, 0.25) is 0 Å². The van der Waals surface area contributed by atoms with E-state index in [2.05, 4.69) is 5.32 Å². The molecule has 0 aliphatic carbocycles. The van der Waals surface area contributed by atoms with E-state index in [4.69, 9.17) is 0 Å². The molecule has 0 fully saturated rings. The van der Waals surface area contributed by atoms with Crippen molar-refractivity contribution in [3.63, 3.8) is 0 Å². The van der Waals surface area contributed by atoms with Gasteiger partial charge in [-0.05, 0) is 38.8 Å². The fraction of sp³-hybridized carbons (Fsp3) is 0.533. The van der Waals surface area contributed by atoms with Gasteiger partial charge in [-0.15, -0.1) is 0 Å². The van der Waals surface area contributed by atoms with Crippen LogP contribution in [0.5, 0.6) is 0 Å². The molecule has 0 atom stereocenters. The first kappa shape index (κ1) is 15.5. The van der Waals surface area contributed by atoms with E-state index in [-0.39, 0.29) is 6.03 Å². The van der Waals surface area contributed by atoms with Crippen molar-refractivity contribution in [3.8, 4) is 0 Å². The van der Waals surface area contributed by atoms with E-state index in [0.29, 0.717) is 19.6 Å². The predicted molar refractivity (Wildman–Crippen MR) is 77.0 cm³/mol. The van der Waals surface area contributed by atoms with Crippen molar-refractivity contribution in [1.82, 2.24) is 10.2 Å². The Bertz CT molecular complexity index is 424. The molecule has 0 bridgehead atoms. The average Bonchev–Trinajstić information content (AvgIpc) is 2.33. The van der Waals surface area contributed by atoms with Gasteiger partial charge in [0.1, 0.15) is 0 Å². The molecule has 1 aromatic carbocycles. The number of urea groups is 1. The summed E-state index contributed by atoms with van der Waals surface area (Å²) in [7, 11) is 0. The van der Waals surface area contributed by atoms with Crippen LogP contribution in [0.4, 0.5) is 4.79 Å². The van der Waals surface area contributed by atoms with Crippen LogP contribution in [0.3, 0.4) is 0 Å². The van der Waals surface area contributed by atoms with Crippen LogP contribution >= 0.6 is 0 Å². The highest BCUT2D eigenvalue weighted by atomic mass is 16.3. The van der Waals surface area contributed by atoms with Crippen molar-refractivity contribution in [2.24, 2.45) is 0 Å². The third-order valence-corrected chi connectivity index (χ3v) is 2.94. The number of carbonyl (C=O) groups is 1. The Labute approximate surface area is 115 Å². The lowest BCUT2D eigenvalue weighted by molar-refractivity contribution is 0.0480. The smallest absolute Gasteiger partial charge is 0.317 e. The molecular weight excluding hydrogens is 240 g/mol. The molecule has 0 aliphatic heterocycles. The minimum absolute atomic E-state index is 0.145. The van der Waals surface area contributed by atoms with Gasteiger partial charge in [-0.25, -0.2) is 4.79 Å². The molecule has 0 heterocycles. The second kappa shape index (κ2) is 6.57. The minimum atomic E-state index is -0.879. The summed E-state index contributed by atoms with van der Waals surface area (Å²) in [6, 6.07) is 7.82. The van der Waals surface area contributed by atoms with Gasteiger partial charge in [-0.3, -0.25) is 0 Å². The number of hydrogen-bond donors (Lipinski definition) is 2. The number of aryl methyl sites for hydroxylation is 1. The number of likely N-dealkylation sites (N-methyl/N-ethyl adjacent to an activating group) is 1. The maximum absolute atomic E-state index is 12.0. The van der Waals surface area contributed by atoms with Crippen LogP contribution < -0.4 is 5.32 Å². The predicted octanol–water partition coefficient (Wildman–Crippen LogP) is 2.30. The lowest BCUT2D eigenvalue weighted by atomic mass is 10.1. The number of nitrogens with zero attached hydrogens (tertiary/aromatic N) is 1. The molecule has 4 heteroatoms. The van der Waals surface area contributed by atoms with Crippen molar-refractivity contribution >= 4 is 6.03 Å². The zero-order chi connectivity index (χ0) is 14.5. The molecule has 0 saturated heterocycles. The van der Waals surface area contributed by atoms with Gasteiger partial charge in [-0.1, -0.05) is 24.3 Å². The number of hydrogen-bond acceptors (Lipinski definition) is 2. The number of carbonyl (C=O) groups excluding carboxylic acids is 1. The van der Waals surface area contributed by atoms with Gasteiger partial charge >= 0.3 is 6.03 Å². The van der Waals surface area contributed by atoms with Gasteiger partial charge in [0.05, 0.1) is 12.1 Å². The number of nitrogens with one attached hydrogen (secondary N) is 1. The Kier molecular flexibility index (Phi) is 5.36. The van der Waals surface area contributed by atoms with E-state index in [0.717, 1.165) is 11.1 Å². The lowest BCUT2D eigenvalue weighted by Gasteiger charge is -2.28. The van der Waals surface area contributed by atoms with Crippen molar-refractivity contribution in [2.75, 3.05) is 13.1 Å². The summed E-state index contributed by atoms with van der Waals surface area (Å²) in [5, 5.41) is 12.7. The van der Waals surface area contributed by atoms with E-state index in [1.165, 1.54) is 0 Å². The fourth-order valence-corrected chi connectivity index (χ4v) is 1.89. The molecule has 0 radical (unpaired) electrons. The Hall–Kier alpha value is -1.55. The molecule has 2 N–H and O–H groups in total. The third-order valence-electron chi connectivity index (χ3n) is 2.94. The number of amides is 2. The summed E-state index contributed by atoms with van der Waals surface area (Å²) in [6.07, 6.45) is 0.